The fraction of sp³-hybridized carbons (Fsp3) is 0.423. The smallest absolute Gasteiger partial charge is 0.224 e. The molecule has 0 aliphatic carbocycles. The Hall–Kier alpha value is -3.19. The minimum absolute atomic E-state index is 0.153. The Bertz CT molecular complexity index is 1050. The lowest BCUT2D eigenvalue weighted by atomic mass is 10.1. The summed E-state index contributed by atoms with van der Waals surface area (Å²) in [6.45, 7) is 6.23. The molecule has 1 amide bonds. The number of ether oxygens (including phenoxy) is 1. The van der Waals surface area contributed by atoms with Crippen molar-refractivity contribution in [2.75, 3.05) is 26.7 Å². The van der Waals surface area contributed by atoms with E-state index < -0.39 is 0 Å². The molecule has 0 spiro atoms. The summed E-state index contributed by atoms with van der Waals surface area (Å²) < 4.78 is 8.02. The van der Waals surface area contributed by atoms with Crippen molar-refractivity contribution in [1.29, 1.82) is 0 Å². The van der Waals surface area contributed by atoms with Crippen LogP contribution in [0.4, 0.5) is 0 Å². The predicted molar refractivity (Wildman–Crippen MR) is 128 cm³/mol. The normalized spacial score (nSPS) is 13.5. The number of fused-ring (bicyclic) bond motifs is 1. The molecule has 1 aliphatic heterocycles. The first-order valence-corrected chi connectivity index (χ1v) is 11.7. The van der Waals surface area contributed by atoms with Gasteiger partial charge in [-0.2, -0.15) is 0 Å². The summed E-state index contributed by atoms with van der Waals surface area (Å²) in [4.78, 5) is 25.9. The second kappa shape index (κ2) is 11.1. The van der Waals surface area contributed by atoms with E-state index in [0.29, 0.717) is 32.7 Å². The van der Waals surface area contributed by atoms with Crippen LogP contribution in [0.15, 0.2) is 55.0 Å². The number of hydrogen-bond acceptors (Lipinski definition) is 5. The second-order valence-corrected chi connectivity index (χ2v) is 8.56. The molecule has 0 atom stereocenters. The molecule has 7 nitrogen and oxygen atoms in total. The first-order valence-electron chi connectivity index (χ1n) is 11.7. The van der Waals surface area contributed by atoms with Gasteiger partial charge in [-0.25, -0.2) is 4.98 Å². The Kier molecular flexibility index (Phi) is 7.73. The Balaban J connectivity index is 1.34. The Labute approximate surface area is 196 Å². The molecule has 3 heterocycles. The highest BCUT2D eigenvalue weighted by molar-refractivity contribution is 5.76. The third kappa shape index (κ3) is 6.20. The van der Waals surface area contributed by atoms with Crippen molar-refractivity contribution in [2.45, 2.75) is 45.8 Å². The number of pyridine rings is 1. The van der Waals surface area contributed by atoms with E-state index in [1.54, 1.807) is 6.20 Å². The van der Waals surface area contributed by atoms with Crippen molar-refractivity contribution in [3.05, 3.63) is 77.6 Å². The van der Waals surface area contributed by atoms with Crippen molar-refractivity contribution in [3.63, 3.8) is 0 Å². The lowest BCUT2D eigenvalue weighted by Crippen LogP contribution is -2.33. The average Bonchev–Trinajstić information content (AvgIpc) is 3.19. The quantitative estimate of drug-likeness (QED) is 0.504. The maximum atomic E-state index is 13.0. The number of hydrogen-bond donors (Lipinski definition) is 0. The molecule has 7 heteroatoms. The van der Waals surface area contributed by atoms with Gasteiger partial charge in [-0.1, -0.05) is 19.1 Å². The van der Waals surface area contributed by atoms with Gasteiger partial charge in [0.2, 0.25) is 5.91 Å². The van der Waals surface area contributed by atoms with E-state index in [0.717, 1.165) is 48.8 Å². The number of amides is 1. The molecule has 33 heavy (non-hydrogen) atoms. The number of aromatic nitrogens is 3. The van der Waals surface area contributed by atoms with Crippen LogP contribution in [-0.2, 0) is 37.3 Å². The molecule has 1 aromatic carbocycles. The Morgan fingerprint density at radius 3 is 2.91 bits per heavy atom. The summed E-state index contributed by atoms with van der Waals surface area (Å²) in [5.41, 5.74) is 3.41. The third-order valence-electron chi connectivity index (χ3n) is 6.07. The van der Waals surface area contributed by atoms with Crippen molar-refractivity contribution in [3.8, 4) is 5.75 Å². The molecular weight excluding hydrogens is 414 g/mol. The van der Waals surface area contributed by atoms with Gasteiger partial charge in [0.15, 0.2) is 0 Å². The molecule has 4 rings (SSSR count). The number of carbonyl (C=O) groups is 1. The minimum atomic E-state index is 0.153. The van der Waals surface area contributed by atoms with E-state index in [-0.39, 0.29) is 5.91 Å². The summed E-state index contributed by atoms with van der Waals surface area (Å²) >= 11 is 0. The molecule has 0 fully saturated rings. The van der Waals surface area contributed by atoms with Crippen LogP contribution in [0, 0.1) is 0 Å². The van der Waals surface area contributed by atoms with Crippen LogP contribution < -0.4 is 4.74 Å². The van der Waals surface area contributed by atoms with Gasteiger partial charge in [-0.15, -0.1) is 0 Å². The lowest BCUT2D eigenvalue weighted by Gasteiger charge is -2.21. The van der Waals surface area contributed by atoms with Gasteiger partial charge >= 0.3 is 0 Å². The summed E-state index contributed by atoms with van der Waals surface area (Å²) in [6, 6.07) is 12.4. The van der Waals surface area contributed by atoms with E-state index in [9.17, 15) is 4.79 Å². The monoisotopic (exact) mass is 447 g/mol. The first-order chi connectivity index (χ1) is 16.1. The topological polar surface area (TPSA) is 63.5 Å². The fourth-order valence-corrected chi connectivity index (χ4v) is 4.23. The number of imidazole rings is 1. The standard InChI is InChI=1S/C26H33N5O2/c1-3-25-28-12-15-30(25)14-10-26(32)31-16-17-33-24-8-7-21(18-22(24)20-31)19-29(2)13-9-23-6-4-5-11-27-23/h4-8,11-12,15,18H,3,9-10,13-14,16-17,19-20H2,1-2H3. The van der Waals surface area contributed by atoms with Gasteiger partial charge < -0.3 is 19.1 Å². The fourth-order valence-electron chi connectivity index (χ4n) is 4.23. The van der Waals surface area contributed by atoms with E-state index in [1.165, 1.54) is 5.56 Å². The summed E-state index contributed by atoms with van der Waals surface area (Å²) in [5, 5.41) is 0. The molecule has 0 radical (unpaired) electrons. The van der Waals surface area contributed by atoms with Crippen molar-refractivity contribution in [2.24, 2.45) is 0 Å². The number of nitrogens with zero attached hydrogens (tertiary/aromatic N) is 5. The van der Waals surface area contributed by atoms with E-state index in [1.807, 2.05) is 35.5 Å². The van der Waals surface area contributed by atoms with E-state index >= 15 is 0 Å². The zero-order chi connectivity index (χ0) is 23.0. The third-order valence-corrected chi connectivity index (χ3v) is 6.07. The van der Waals surface area contributed by atoms with Gasteiger partial charge in [0, 0.05) is 75.3 Å². The Morgan fingerprint density at radius 2 is 2.09 bits per heavy atom. The SMILES string of the molecule is CCc1nccn1CCC(=O)N1CCOc2ccc(CN(C)CCc3ccccn3)cc2C1. The van der Waals surface area contributed by atoms with Gasteiger partial charge in [0.05, 0.1) is 6.54 Å². The maximum Gasteiger partial charge on any atom is 0.224 e. The van der Waals surface area contributed by atoms with Crippen LogP contribution in [0.5, 0.6) is 5.75 Å². The molecule has 0 bridgehead atoms. The molecule has 0 saturated heterocycles. The van der Waals surface area contributed by atoms with E-state index in [2.05, 4.69) is 51.6 Å². The average molecular weight is 448 g/mol. The van der Waals surface area contributed by atoms with Crippen molar-refractivity contribution >= 4 is 5.91 Å². The van der Waals surface area contributed by atoms with Crippen LogP contribution in [-0.4, -0.2) is 57.0 Å². The molecule has 174 valence electrons. The van der Waals surface area contributed by atoms with Gasteiger partial charge in [0.1, 0.15) is 18.2 Å². The summed E-state index contributed by atoms with van der Waals surface area (Å²) in [7, 11) is 2.13. The molecule has 3 aromatic rings. The zero-order valence-electron chi connectivity index (χ0n) is 19.6. The highest BCUT2D eigenvalue weighted by Gasteiger charge is 2.20. The summed E-state index contributed by atoms with van der Waals surface area (Å²) in [6.07, 6.45) is 7.84. The molecular formula is C26H33N5O2. The molecule has 0 unspecified atom stereocenters. The van der Waals surface area contributed by atoms with Crippen molar-refractivity contribution in [1.82, 2.24) is 24.3 Å². The van der Waals surface area contributed by atoms with Gasteiger partial charge in [0.25, 0.3) is 0 Å². The highest BCUT2D eigenvalue weighted by atomic mass is 16.5. The second-order valence-electron chi connectivity index (χ2n) is 8.56. The van der Waals surface area contributed by atoms with Crippen LogP contribution in [0.2, 0.25) is 0 Å². The van der Waals surface area contributed by atoms with Crippen molar-refractivity contribution < 1.29 is 9.53 Å². The molecule has 0 N–H and O–H groups in total. The molecule has 1 aliphatic rings. The number of likely N-dealkylation sites (N-methyl/N-ethyl adjacent to an activating group) is 1. The lowest BCUT2D eigenvalue weighted by molar-refractivity contribution is -0.132. The molecule has 2 aromatic heterocycles. The number of rotatable bonds is 9. The van der Waals surface area contributed by atoms with E-state index in [4.69, 9.17) is 4.74 Å². The minimum Gasteiger partial charge on any atom is -0.491 e. The van der Waals surface area contributed by atoms with Crippen LogP contribution in [0.3, 0.4) is 0 Å². The zero-order valence-corrected chi connectivity index (χ0v) is 19.6. The van der Waals surface area contributed by atoms with Crippen LogP contribution in [0.1, 0.15) is 36.0 Å². The largest absolute Gasteiger partial charge is 0.491 e. The number of aryl methyl sites for hydroxylation is 2. The van der Waals surface area contributed by atoms with Gasteiger partial charge in [-0.05, 0) is 36.9 Å². The number of carbonyl (C=O) groups excluding carboxylic acids is 1. The first kappa shape index (κ1) is 23.0. The Morgan fingerprint density at radius 1 is 1.18 bits per heavy atom. The summed E-state index contributed by atoms with van der Waals surface area (Å²) in [5.74, 6) is 2.05. The number of benzene rings is 1. The van der Waals surface area contributed by atoms with Gasteiger partial charge in [-0.3, -0.25) is 9.78 Å². The maximum absolute atomic E-state index is 13.0. The van der Waals surface area contributed by atoms with Crippen LogP contribution in [0.25, 0.3) is 0 Å². The molecule has 0 saturated carbocycles. The predicted octanol–water partition coefficient (Wildman–Crippen LogP) is 3.33. The van der Waals surface area contributed by atoms with Crippen LogP contribution >= 0.6 is 0 Å². The highest BCUT2D eigenvalue weighted by Crippen LogP contribution is 2.25.